The summed E-state index contributed by atoms with van der Waals surface area (Å²) in [6, 6.07) is 9.55. The van der Waals surface area contributed by atoms with Crippen LogP contribution in [0.3, 0.4) is 0 Å². The lowest BCUT2D eigenvalue weighted by Gasteiger charge is -2.04. The van der Waals surface area contributed by atoms with Gasteiger partial charge >= 0.3 is 0 Å². The van der Waals surface area contributed by atoms with Crippen LogP contribution in [-0.2, 0) is 0 Å². The van der Waals surface area contributed by atoms with E-state index in [0.717, 1.165) is 4.47 Å². The largest absolute Gasteiger partial charge is 0.250 e. The second-order valence-electron chi connectivity index (χ2n) is 4.70. The number of nitrogens with one attached hydrogen (secondary N) is 1. The molecular weight excluding hydrogens is 438 g/mol. The molecule has 0 aliphatic rings. The average molecular weight is 446 g/mol. The van der Waals surface area contributed by atoms with Gasteiger partial charge in [-0.05, 0) is 48.6 Å². The Kier molecular flexibility index (Phi) is 5.15. The molecule has 1 aromatic heterocycles. The third kappa shape index (κ3) is 3.59. The number of halogens is 4. The molecule has 3 rings (SSSR count). The highest BCUT2D eigenvalue weighted by Crippen LogP contribution is 2.29. The molecule has 0 aliphatic heterocycles. The molecule has 0 saturated carbocycles. The number of H-pyrrole nitrogens is 1. The van der Waals surface area contributed by atoms with E-state index in [1.54, 1.807) is 30.3 Å². The van der Waals surface area contributed by atoms with Crippen molar-refractivity contribution in [1.82, 2.24) is 14.9 Å². The van der Waals surface area contributed by atoms with Gasteiger partial charge in [0.05, 0.1) is 11.2 Å². The van der Waals surface area contributed by atoms with Gasteiger partial charge in [-0.25, -0.2) is 9.49 Å². The molecule has 0 aliphatic carbocycles. The van der Waals surface area contributed by atoms with Crippen LogP contribution >= 0.6 is 51.3 Å². The Morgan fingerprint density at radius 1 is 1.25 bits per heavy atom. The van der Waals surface area contributed by atoms with Gasteiger partial charge in [0, 0.05) is 20.6 Å². The van der Waals surface area contributed by atoms with Gasteiger partial charge in [-0.2, -0.15) is 14.9 Å². The summed E-state index contributed by atoms with van der Waals surface area (Å²) in [7, 11) is 0. The SMILES string of the molecule is Fc1ccc(Br)cc1/C=N/n1c(-c2ccc(Cl)cc2Cl)n[nH]c1=S. The molecule has 0 spiro atoms. The second-order valence-corrected chi connectivity index (χ2v) is 6.84. The van der Waals surface area contributed by atoms with Crippen LogP contribution in [0.15, 0.2) is 46.0 Å². The highest BCUT2D eigenvalue weighted by Gasteiger charge is 2.12. The number of hydrogen-bond acceptors (Lipinski definition) is 3. The van der Waals surface area contributed by atoms with Crippen LogP contribution in [0.2, 0.25) is 10.0 Å². The molecule has 9 heteroatoms. The Morgan fingerprint density at radius 2 is 2.04 bits per heavy atom. The Hall–Kier alpha value is -1.54. The first-order chi connectivity index (χ1) is 11.5. The molecule has 0 amide bonds. The minimum Gasteiger partial charge on any atom is -0.250 e. The molecule has 24 heavy (non-hydrogen) atoms. The lowest BCUT2D eigenvalue weighted by atomic mass is 10.2. The van der Waals surface area contributed by atoms with Crippen LogP contribution in [-0.4, -0.2) is 21.1 Å². The molecule has 0 fully saturated rings. The summed E-state index contributed by atoms with van der Waals surface area (Å²) >= 11 is 20.6. The van der Waals surface area contributed by atoms with E-state index in [9.17, 15) is 4.39 Å². The van der Waals surface area contributed by atoms with Gasteiger partial charge in [0.1, 0.15) is 5.82 Å². The Labute approximate surface area is 160 Å². The van der Waals surface area contributed by atoms with E-state index in [2.05, 4.69) is 31.2 Å². The summed E-state index contributed by atoms with van der Waals surface area (Å²) in [6.07, 6.45) is 1.36. The lowest BCUT2D eigenvalue weighted by Crippen LogP contribution is -1.97. The van der Waals surface area contributed by atoms with E-state index in [1.165, 1.54) is 17.0 Å². The topological polar surface area (TPSA) is 46.0 Å². The number of hydrogen-bond donors (Lipinski definition) is 1. The van der Waals surface area contributed by atoms with Crippen molar-refractivity contribution in [3.63, 3.8) is 0 Å². The van der Waals surface area contributed by atoms with Crippen LogP contribution in [0.1, 0.15) is 5.56 Å². The molecule has 0 saturated heterocycles. The Morgan fingerprint density at radius 3 is 2.79 bits per heavy atom. The fourth-order valence-electron chi connectivity index (χ4n) is 1.98. The monoisotopic (exact) mass is 444 g/mol. The van der Waals surface area contributed by atoms with Crippen molar-refractivity contribution in [2.45, 2.75) is 0 Å². The third-order valence-electron chi connectivity index (χ3n) is 3.09. The molecule has 122 valence electrons. The number of rotatable bonds is 3. The fraction of sp³-hybridized carbons (Fsp3) is 0. The van der Waals surface area contributed by atoms with Gasteiger partial charge in [-0.1, -0.05) is 39.1 Å². The highest BCUT2D eigenvalue weighted by molar-refractivity contribution is 9.10. The van der Waals surface area contributed by atoms with Gasteiger partial charge in [0.2, 0.25) is 4.77 Å². The van der Waals surface area contributed by atoms with Crippen molar-refractivity contribution in [3.8, 4) is 11.4 Å². The fourth-order valence-corrected chi connectivity index (χ4v) is 3.03. The van der Waals surface area contributed by atoms with Crippen LogP contribution in [0.25, 0.3) is 11.4 Å². The van der Waals surface area contributed by atoms with Crippen molar-refractivity contribution in [3.05, 3.63) is 67.1 Å². The number of aromatic amines is 1. The maximum Gasteiger partial charge on any atom is 0.216 e. The predicted octanol–water partition coefficient (Wildman–Crippen LogP) is 5.70. The highest BCUT2D eigenvalue weighted by atomic mass is 79.9. The minimum atomic E-state index is -0.400. The third-order valence-corrected chi connectivity index (χ3v) is 4.40. The normalized spacial score (nSPS) is 11.3. The zero-order chi connectivity index (χ0) is 17.3. The Balaban J connectivity index is 2.06. The maximum atomic E-state index is 13.8. The van der Waals surface area contributed by atoms with Crippen LogP contribution in [0.4, 0.5) is 4.39 Å². The summed E-state index contributed by atoms with van der Waals surface area (Å²) in [5.41, 5.74) is 0.904. The quantitative estimate of drug-likeness (QED) is 0.415. The van der Waals surface area contributed by atoms with Crippen LogP contribution < -0.4 is 0 Å². The molecule has 0 bridgehead atoms. The number of aromatic nitrogens is 3. The van der Waals surface area contributed by atoms with Crippen molar-refractivity contribution in [1.29, 1.82) is 0 Å². The summed E-state index contributed by atoms with van der Waals surface area (Å²) in [6.45, 7) is 0. The number of benzene rings is 2. The van der Waals surface area contributed by atoms with Gasteiger partial charge in [-0.3, -0.25) is 0 Å². The van der Waals surface area contributed by atoms with Gasteiger partial charge in [-0.15, -0.1) is 0 Å². The molecule has 3 aromatic rings. The van der Waals surface area contributed by atoms with E-state index in [-0.39, 0.29) is 4.77 Å². The van der Waals surface area contributed by atoms with Gasteiger partial charge in [0.25, 0.3) is 0 Å². The predicted molar refractivity (Wildman–Crippen MR) is 100.0 cm³/mol. The smallest absolute Gasteiger partial charge is 0.216 e. The molecular formula is C15H8BrCl2FN4S. The first-order valence-corrected chi connectivity index (χ1v) is 8.53. The average Bonchev–Trinajstić information content (AvgIpc) is 2.89. The van der Waals surface area contributed by atoms with Gasteiger partial charge < -0.3 is 0 Å². The van der Waals surface area contributed by atoms with Gasteiger partial charge in [0.15, 0.2) is 5.82 Å². The number of nitrogens with zero attached hydrogens (tertiary/aromatic N) is 3. The molecule has 0 radical (unpaired) electrons. The van der Waals surface area contributed by atoms with E-state index >= 15 is 0 Å². The second kappa shape index (κ2) is 7.14. The minimum absolute atomic E-state index is 0.252. The molecule has 0 atom stereocenters. The van der Waals surface area contributed by atoms with Crippen molar-refractivity contribution in [2.75, 3.05) is 0 Å². The summed E-state index contributed by atoms with van der Waals surface area (Å²) < 4.78 is 16.2. The summed E-state index contributed by atoms with van der Waals surface area (Å²) in [5, 5.41) is 11.9. The summed E-state index contributed by atoms with van der Waals surface area (Å²) in [5.74, 6) is -0.00337. The van der Waals surface area contributed by atoms with E-state index in [4.69, 9.17) is 35.4 Å². The van der Waals surface area contributed by atoms with E-state index in [0.29, 0.717) is 27.0 Å². The zero-order valence-corrected chi connectivity index (χ0v) is 15.7. The lowest BCUT2D eigenvalue weighted by molar-refractivity contribution is 0.625. The van der Waals surface area contributed by atoms with Crippen LogP contribution in [0, 0.1) is 10.6 Å². The van der Waals surface area contributed by atoms with Crippen molar-refractivity contribution in [2.24, 2.45) is 5.10 Å². The van der Waals surface area contributed by atoms with E-state index < -0.39 is 5.82 Å². The Bertz CT molecular complexity index is 999. The van der Waals surface area contributed by atoms with Crippen molar-refractivity contribution >= 4 is 57.6 Å². The van der Waals surface area contributed by atoms with E-state index in [1.807, 2.05) is 0 Å². The molecule has 2 aromatic carbocycles. The molecule has 4 nitrogen and oxygen atoms in total. The molecule has 1 N–H and O–H groups in total. The van der Waals surface area contributed by atoms with Crippen LogP contribution in [0.5, 0.6) is 0 Å². The summed E-state index contributed by atoms with van der Waals surface area (Å²) in [4.78, 5) is 0. The first-order valence-electron chi connectivity index (χ1n) is 6.58. The maximum absolute atomic E-state index is 13.8. The standard InChI is InChI=1S/C15H8BrCl2FN4S/c16-9-1-4-13(19)8(5-9)7-20-23-14(21-22-15(23)24)11-3-2-10(17)6-12(11)18/h1-7H,(H,22,24)/b20-7+. The van der Waals surface area contributed by atoms with Crippen molar-refractivity contribution < 1.29 is 4.39 Å². The first kappa shape index (κ1) is 17.3. The molecule has 0 unspecified atom stereocenters. The zero-order valence-electron chi connectivity index (χ0n) is 11.8. The molecule has 1 heterocycles.